The summed E-state index contributed by atoms with van der Waals surface area (Å²) in [6.45, 7) is 5.84. The van der Waals surface area contributed by atoms with Gasteiger partial charge in [0.25, 0.3) is 0 Å². The Morgan fingerprint density at radius 1 is 1.39 bits per heavy atom. The molecule has 1 fully saturated rings. The highest BCUT2D eigenvalue weighted by Gasteiger charge is 2.24. The zero-order valence-electron chi connectivity index (χ0n) is 11.0. The summed E-state index contributed by atoms with van der Waals surface area (Å²) in [7, 11) is 0. The summed E-state index contributed by atoms with van der Waals surface area (Å²) in [5, 5.41) is 3.42. The number of nitrogens with one attached hydrogen (secondary N) is 1. The van der Waals surface area contributed by atoms with Crippen LogP contribution in [0.25, 0.3) is 0 Å². The van der Waals surface area contributed by atoms with Crippen LogP contribution in [0.1, 0.15) is 48.5 Å². The lowest BCUT2D eigenvalue weighted by Crippen LogP contribution is -2.27. The van der Waals surface area contributed by atoms with E-state index in [1.54, 1.807) is 0 Å². The number of fused-ring (bicyclic) bond motifs is 1. The lowest BCUT2D eigenvalue weighted by molar-refractivity contribution is 0.193. The van der Waals surface area contributed by atoms with Crippen molar-refractivity contribution in [3.63, 3.8) is 0 Å². The molecular formula is C14H21N3O. The van der Waals surface area contributed by atoms with E-state index >= 15 is 0 Å². The summed E-state index contributed by atoms with van der Waals surface area (Å²) in [4.78, 5) is 9.63. The molecule has 0 spiro atoms. The van der Waals surface area contributed by atoms with Crippen molar-refractivity contribution >= 4 is 0 Å². The molecule has 2 aliphatic rings. The minimum absolute atomic E-state index is 0.417. The van der Waals surface area contributed by atoms with Gasteiger partial charge in [0.1, 0.15) is 5.82 Å². The summed E-state index contributed by atoms with van der Waals surface area (Å²) in [6, 6.07) is 0. The van der Waals surface area contributed by atoms with E-state index in [0.717, 1.165) is 57.8 Å². The van der Waals surface area contributed by atoms with Crippen molar-refractivity contribution in [3.8, 4) is 0 Å². The van der Waals surface area contributed by atoms with Crippen molar-refractivity contribution in [2.24, 2.45) is 0 Å². The highest BCUT2D eigenvalue weighted by molar-refractivity contribution is 5.29. The normalized spacial score (nSPS) is 23.1. The molecule has 1 saturated heterocycles. The van der Waals surface area contributed by atoms with Crippen LogP contribution in [0.4, 0.5) is 0 Å². The fraction of sp³-hybridized carbons (Fsp3) is 0.714. The largest absolute Gasteiger partial charge is 0.381 e. The Kier molecular flexibility index (Phi) is 3.57. The first-order valence-electron chi connectivity index (χ1n) is 7.05. The van der Waals surface area contributed by atoms with Crippen LogP contribution in [-0.2, 0) is 24.1 Å². The van der Waals surface area contributed by atoms with E-state index in [4.69, 9.17) is 14.7 Å². The third kappa shape index (κ3) is 2.27. The Labute approximate surface area is 108 Å². The fourth-order valence-electron chi connectivity index (χ4n) is 2.80. The maximum Gasteiger partial charge on any atom is 0.134 e. The fourth-order valence-corrected chi connectivity index (χ4v) is 2.80. The number of ether oxygens (including phenoxy) is 1. The molecule has 4 nitrogen and oxygen atoms in total. The second kappa shape index (κ2) is 5.33. The van der Waals surface area contributed by atoms with E-state index in [1.165, 1.54) is 17.0 Å². The highest BCUT2D eigenvalue weighted by atomic mass is 16.5. The second-order valence-corrected chi connectivity index (χ2v) is 5.19. The molecule has 1 unspecified atom stereocenters. The Morgan fingerprint density at radius 2 is 2.33 bits per heavy atom. The molecule has 3 rings (SSSR count). The van der Waals surface area contributed by atoms with Crippen LogP contribution in [0.3, 0.4) is 0 Å². The number of nitrogens with zero attached hydrogens (tertiary/aromatic N) is 2. The smallest absolute Gasteiger partial charge is 0.134 e. The molecule has 0 aromatic carbocycles. The molecule has 1 aromatic rings. The van der Waals surface area contributed by atoms with Gasteiger partial charge in [0, 0.05) is 43.3 Å². The van der Waals surface area contributed by atoms with E-state index in [2.05, 4.69) is 12.2 Å². The predicted octanol–water partition coefficient (Wildman–Crippen LogP) is 1.58. The molecule has 0 amide bonds. The van der Waals surface area contributed by atoms with Crippen molar-refractivity contribution < 1.29 is 4.74 Å². The van der Waals surface area contributed by atoms with Crippen LogP contribution in [0.15, 0.2) is 0 Å². The van der Waals surface area contributed by atoms with Gasteiger partial charge in [-0.2, -0.15) is 0 Å². The standard InChI is InChI=1S/C14H21N3O/c1-2-3-12-11-8-15-6-4-13(11)17-14(16-12)10-5-7-18-9-10/h10,15H,2-9H2,1H3. The molecule has 3 heterocycles. The van der Waals surface area contributed by atoms with Crippen molar-refractivity contribution in [2.45, 2.75) is 45.1 Å². The van der Waals surface area contributed by atoms with Gasteiger partial charge < -0.3 is 10.1 Å². The number of hydrogen-bond acceptors (Lipinski definition) is 4. The average Bonchev–Trinajstić information content (AvgIpc) is 2.93. The second-order valence-electron chi connectivity index (χ2n) is 5.19. The molecule has 4 heteroatoms. The molecule has 2 aliphatic heterocycles. The van der Waals surface area contributed by atoms with Crippen LogP contribution in [0.5, 0.6) is 0 Å². The summed E-state index contributed by atoms with van der Waals surface area (Å²) in [5.41, 5.74) is 3.89. The lowest BCUT2D eigenvalue weighted by atomic mass is 10.0. The molecule has 1 N–H and O–H groups in total. The van der Waals surface area contributed by atoms with Gasteiger partial charge in [-0.15, -0.1) is 0 Å². The first-order valence-corrected chi connectivity index (χ1v) is 7.05. The van der Waals surface area contributed by atoms with Crippen LogP contribution in [0, 0.1) is 0 Å². The Balaban J connectivity index is 1.97. The maximum absolute atomic E-state index is 5.46. The molecule has 0 bridgehead atoms. The van der Waals surface area contributed by atoms with Gasteiger partial charge in [-0.05, 0) is 12.8 Å². The minimum Gasteiger partial charge on any atom is -0.381 e. The third-order valence-corrected chi connectivity index (χ3v) is 3.82. The van der Waals surface area contributed by atoms with Crippen molar-refractivity contribution in [2.75, 3.05) is 19.8 Å². The average molecular weight is 247 g/mol. The number of rotatable bonds is 3. The van der Waals surface area contributed by atoms with E-state index in [0.29, 0.717) is 5.92 Å². The van der Waals surface area contributed by atoms with Crippen molar-refractivity contribution in [1.29, 1.82) is 0 Å². The van der Waals surface area contributed by atoms with E-state index in [1.807, 2.05) is 0 Å². The maximum atomic E-state index is 5.46. The van der Waals surface area contributed by atoms with E-state index < -0.39 is 0 Å². The van der Waals surface area contributed by atoms with Gasteiger partial charge >= 0.3 is 0 Å². The number of hydrogen-bond donors (Lipinski definition) is 1. The van der Waals surface area contributed by atoms with Crippen molar-refractivity contribution in [1.82, 2.24) is 15.3 Å². The van der Waals surface area contributed by atoms with Gasteiger partial charge in [-0.3, -0.25) is 0 Å². The summed E-state index contributed by atoms with van der Waals surface area (Å²) >= 11 is 0. The molecular weight excluding hydrogens is 226 g/mol. The number of aryl methyl sites for hydroxylation is 1. The van der Waals surface area contributed by atoms with Crippen LogP contribution >= 0.6 is 0 Å². The molecule has 98 valence electrons. The minimum atomic E-state index is 0.417. The van der Waals surface area contributed by atoms with Gasteiger partial charge in [-0.25, -0.2) is 9.97 Å². The summed E-state index contributed by atoms with van der Waals surface area (Å²) < 4.78 is 5.46. The first kappa shape index (κ1) is 12.1. The summed E-state index contributed by atoms with van der Waals surface area (Å²) in [6.07, 6.45) is 4.31. The first-order chi connectivity index (χ1) is 8.88. The quantitative estimate of drug-likeness (QED) is 0.881. The molecule has 1 aromatic heterocycles. The third-order valence-electron chi connectivity index (χ3n) is 3.82. The topological polar surface area (TPSA) is 47.0 Å². The monoisotopic (exact) mass is 247 g/mol. The molecule has 18 heavy (non-hydrogen) atoms. The van der Waals surface area contributed by atoms with Gasteiger partial charge in [0.15, 0.2) is 0 Å². The SMILES string of the molecule is CCCc1nc(C2CCOC2)nc2c1CNCC2. The molecule has 0 aliphatic carbocycles. The Hall–Kier alpha value is -1.00. The van der Waals surface area contributed by atoms with E-state index in [-0.39, 0.29) is 0 Å². The molecule has 0 radical (unpaired) electrons. The van der Waals surface area contributed by atoms with Gasteiger partial charge in [0.2, 0.25) is 0 Å². The van der Waals surface area contributed by atoms with Gasteiger partial charge in [-0.1, -0.05) is 13.3 Å². The Bertz CT molecular complexity index is 427. The van der Waals surface area contributed by atoms with Crippen molar-refractivity contribution in [3.05, 3.63) is 22.8 Å². The van der Waals surface area contributed by atoms with Gasteiger partial charge in [0.05, 0.1) is 12.3 Å². The van der Waals surface area contributed by atoms with Crippen LogP contribution < -0.4 is 5.32 Å². The zero-order valence-corrected chi connectivity index (χ0v) is 11.0. The summed E-state index contributed by atoms with van der Waals surface area (Å²) in [5.74, 6) is 1.44. The predicted molar refractivity (Wildman–Crippen MR) is 69.6 cm³/mol. The zero-order chi connectivity index (χ0) is 12.4. The van der Waals surface area contributed by atoms with Crippen LogP contribution in [-0.4, -0.2) is 29.7 Å². The number of aromatic nitrogens is 2. The molecule has 0 saturated carbocycles. The highest BCUT2D eigenvalue weighted by Crippen LogP contribution is 2.25. The Morgan fingerprint density at radius 3 is 3.11 bits per heavy atom. The molecule has 1 atom stereocenters. The van der Waals surface area contributed by atoms with E-state index in [9.17, 15) is 0 Å². The lowest BCUT2D eigenvalue weighted by Gasteiger charge is -2.21. The van der Waals surface area contributed by atoms with Crippen LogP contribution in [0.2, 0.25) is 0 Å².